The van der Waals surface area contributed by atoms with Crippen molar-refractivity contribution in [3.05, 3.63) is 75.5 Å². The molecule has 9 nitrogen and oxygen atoms in total. The Labute approximate surface area is 261 Å². The predicted molar refractivity (Wildman–Crippen MR) is 154 cm³/mol. The summed E-state index contributed by atoms with van der Waals surface area (Å²) in [6, 6.07) is 4.28. The van der Waals surface area contributed by atoms with Crippen LogP contribution in [-0.2, 0) is 29.4 Å². The van der Waals surface area contributed by atoms with Crippen molar-refractivity contribution < 1.29 is 39.7 Å². The molecule has 2 aliphatic carbocycles. The van der Waals surface area contributed by atoms with Crippen molar-refractivity contribution >= 4 is 38.8 Å². The summed E-state index contributed by atoms with van der Waals surface area (Å²) >= 11 is 0.147. The lowest BCUT2D eigenvalue weighted by molar-refractivity contribution is -0.140. The lowest BCUT2D eigenvalue weighted by Crippen LogP contribution is -2.52. The van der Waals surface area contributed by atoms with Crippen molar-refractivity contribution in [1.29, 1.82) is 0 Å². The lowest BCUT2D eigenvalue weighted by Gasteiger charge is -2.46. The molecule has 3 heterocycles. The van der Waals surface area contributed by atoms with Crippen molar-refractivity contribution in [2.45, 2.75) is 49.2 Å². The first-order valence-electron chi connectivity index (χ1n) is 13.7. The minimum absolute atomic E-state index is 0.00196. The first kappa shape index (κ1) is 32.1. The number of halogens is 7. The van der Waals surface area contributed by atoms with Crippen LogP contribution in [0.2, 0.25) is 0 Å². The highest BCUT2D eigenvalue weighted by atomic mass is 32.2. The van der Waals surface area contributed by atoms with Crippen molar-refractivity contribution in [1.82, 2.24) is 33.8 Å². The number of carbonyl (C=O) groups is 1. The SMILES string of the molecule is C=S(=O)(c1ncn(C)n1)N(CC(F)(F)F)[C@H]1CCC2=Cc3c(cnn3-c3ccc(F)cc3)C[C@]2(C(=O)c2ncc(C(F)(F)F)s2)C1. The maximum Gasteiger partial charge on any atom is 0.427 e. The maximum absolute atomic E-state index is 14.3. The summed E-state index contributed by atoms with van der Waals surface area (Å²) in [5.41, 5.74) is 0.317. The Kier molecular flexibility index (Phi) is 7.75. The van der Waals surface area contributed by atoms with Gasteiger partial charge in [-0.1, -0.05) is 5.57 Å². The van der Waals surface area contributed by atoms with E-state index in [1.165, 1.54) is 53.2 Å². The van der Waals surface area contributed by atoms with E-state index < -0.39 is 66.7 Å². The molecule has 1 saturated carbocycles. The van der Waals surface area contributed by atoms with Gasteiger partial charge in [-0.2, -0.15) is 31.4 Å². The fraction of sp³-hybridized carbons (Fsp3) is 0.357. The van der Waals surface area contributed by atoms with Gasteiger partial charge in [-0.15, -0.1) is 16.4 Å². The average molecular weight is 688 g/mol. The second-order valence-electron chi connectivity index (χ2n) is 11.2. The third-order valence-electron chi connectivity index (χ3n) is 8.11. The maximum atomic E-state index is 14.3. The Morgan fingerprint density at radius 1 is 1.15 bits per heavy atom. The molecule has 0 radical (unpaired) electrons. The number of ketones is 1. The number of rotatable bonds is 7. The van der Waals surface area contributed by atoms with Crippen molar-refractivity contribution in [3.63, 3.8) is 0 Å². The molecule has 3 aromatic heterocycles. The predicted octanol–water partition coefficient (Wildman–Crippen LogP) is 5.53. The molecule has 0 aliphatic heterocycles. The van der Waals surface area contributed by atoms with E-state index in [2.05, 4.69) is 26.0 Å². The van der Waals surface area contributed by atoms with Crippen LogP contribution in [0, 0.1) is 11.2 Å². The molecule has 2 aliphatic rings. The van der Waals surface area contributed by atoms with Gasteiger partial charge >= 0.3 is 12.4 Å². The molecule has 0 amide bonds. The van der Waals surface area contributed by atoms with Crippen molar-refractivity contribution in [2.75, 3.05) is 6.54 Å². The van der Waals surface area contributed by atoms with Gasteiger partial charge in [0, 0.05) is 13.1 Å². The monoisotopic (exact) mass is 687 g/mol. The molecule has 0 spiro atoms. The minimum Gasteiger partial charge on any atom is -0.290 e. The Balaban J connectivity index is 1.46. The third kappa shape index (κ3) is 5.77. The topological polar surface area (TPSA) is 98.8 Å². The Bertz CT molecular complexity index is 1940. The highest BCUT2D eigenvalue weighted by molar-refractivity contribution is 7.98. The molecule has 3 atom stereocenters. The molecular formula is C28H24F7N7O2S2. The summed E-state index contributed by atoms with van der Waals surface area (Å²) < 4.78 is 113. The van der Waals surface area contributed by atoms with E-state index in [0.29, 0.717) is 33.0 Å². The van der Waals surface area contributed by atoms with Crippen molar-refractivity contribution in [3.8, 4) is 5.69 Å². The van der Waals surface area contributed by atoms with Crippen LogP contribution in [0.3, 0.4) is 0 Å². The number of thiazole rings is 1. The molecule has 6 rings (SSSR count). The molecule has 0 saturated heterocycles. The number of Topliss-reactive ketones (excluding diaryl/α,β-unsaturated/α-hetero) is 1. The van der Waals surface area contributed by atoms with Crippen LogP contribution in [-0.4, -0.2) is 68.5 Å². The first-order chi connectivity index (χ1) is 21.5. The molecule has 1 unspecified atom stereocenters. The van der Waals surface area contributed by atoms with Gasteiger partial charge in [0.2, 0.25) is 10.9 Å². The van der Waals surface area contributed by atoms with E-state index in [-0.39, 0.29) is 37.0 Å². The number of aryl methyl sites for hydroxylation is 1. The van der Waals surface area contributed by atoms with E-state index in [0.717, 1.165) is 0 Å². The van der Waals surface area contributed by atoms with Gasteiger partial charge in [-0.05, 0) is 67.5 Å². The normalized spacial score (nSPS) is 21.4. The number of carbonyl (C=O) groups excluding carboxylic acids is 1. The minimum atomic E-state index is -4.84. The van der Waals surface area contributed by atoms with Gasteiger partial charge in [-0.3, -0.25) is 9.48 Å². The number of hydrogen-bond donors (Lipinski definition) is 0. The zero-order valence-electron chi connectivity index (χ0n) is 23.8. The summed E-state index contributed by atoms with van der Waals surface area (Å²) in [5, 5.41) is 7.43. The molecule has 0 bridgehead atoms. The zero-order chi connectivity index (χ0) is 33.2. The second kappa shape index (κ2) is 11.1. The summed E-state index contributed by atoms with van der Waals surface area (Å²) in [6.07, 6.45) is -5.23. The average Bonchev–Trinajstić information content (AvgIpc) is 3.74. The number of fused-ring (bicyclic) bond motifs is 2. The number of allylic oxidation sites excluding steroid dienone is 1. The van der Waals surface area contributed by atoms with E-state index in [9.17, 15) is 39.7 Å². The lowest BCUT2D eigenvalue weighted by atomic mass is 9.61. The van der Waals surface area contributed by atoms with Gasteiger partial charge in [-0.25, -0.2) is 27.6 Å². The number of benzene rings is 1. The summed E-state index contributed by atoms with van der Waals surface area (Å²) in [5.74, 6) is 2.32. The van der Waals surface area contributed by atoms with E-state index >= 15 is 0 Å². The zero-order valence-corrected chi connectivity index (χ0v) is 25.5. The Morgan fingerprint density at radius 2 is 1.87 bits per heavy atom. The number of nitrogens with zero attached hydrogens (tertiary/aromatic N) is 7. The van der Waals surface area contributed by atoms with Gasteiger partial charge in [0.05, 0.1) is 38.9 Å². The van der Waals surface area contributed by atoms with Crippen LogP contribution < -0.4 is 0 Å². The molecule has 46 heavy (non-hydrogen) atoms. The summed E-state index contributed by atoms with van der Waals surface area (Å²) in [7, 11) is -2.50. The Morgan fingerprint density at radius 3 is 2.48 bits per heavy atom. The van der Waals surface area contributed by atoms with Gasteiger partial charge in [0.25, 0.3) is 0 Å². The smallest absolute Gasteiger partial charge is 0.290 e. The number of aromatic nitrogens is 6. The number of alkyl halides is 6. The van der Waals surface area contributed by atoms with Gasteiger partial charge < -0.3 is 0 Å². The highest BCUT2D eigenvalue weighted by Crippen LogP contribution is 2.52. The fourth-order valence-electron chi connectivity index (χ4n) is 6.05. The van der Waals surface area contributed by atoms with E-state index in [1.807, 2.05) is 0 Å². The second-order valence-corrected chi connectivity index (χ2v) is 14.3. The van der Waals surface area contributed by atoms with Gasteiger partial charge in [0.1, 0.15) is 23.6 Å². The molecule has 0 N–H and O–H groups in total. The molecule has 4 aromatic rings. The third-order valence-corrected chi connectivity index (χ3v) is 11.1. The summed E-state index contributed by atoms with van der Waals surface area (Å²) in [6.45, 7) is -1.66. The van der Waals surface area contributed by atoms with Crippen LogP contribution in [0.15, 0.2) is 53.7 Å². The van der Waals surface area contributed by atoms with Crippen molar-refractivity contribution in [2.24, 2.45) is 12.5 Å². The Hall–Kier alpha value is -3.90. The van der Waals surface area contributed by atoms with E-state index in [4.69, 9.17) is 0 Å². The molecule has 1 fully saturated rings. The standard InChI is InChI=1S/C28H24F7N7O2S2/c1-40-15-37-25(39-40)46(2,44)41(14-27(30,31)32)20-6-3-17-9-21-16(12-38-42(21)19-7-4-18(29)5-8-19)10-26(17,11-20)23(43)24-36-13-22(45-24)28(33,34)35/h4-5,7-9,12-13,15,20H,2-3,6,10-11,14H2,1H3/t20-,26-,46?/m0/s1. The molecular weight excluding hydrogens is 663 g/mol. The van der Waals surface area contributed by atoms with Crippen LogP contribution in [0.5, 0.6) is 0 Å². The summed E-state index contributed by atoms with van der Waals surface area (Å²) in [4.78, 5) is 20.9. The number of hydrogen-bond acceptors (Lipinski definition) is 7. The molecule has 18 heteroatoms. The van der Waals surface area contributed by atoms with Gasteiger partial charge in [0.15, 0.2) is 5.01 Å². The van der Waals surface area contributed by atoms with Crippen LogP contribution in [0.1, 0.15) is 45.2 Å². The molecule has 244 valence electrons. The highest BCUT2D eigenvalue weighted by Gasteiger charge is 2.53. The quantitative estimate of drug-likeness (QED) is 0.144. The molecule has 1 aromatic carbocycles. The largest absolute Gasteiger partial charge is 0.427 e. The van der Waals surface area contributed by atoms with Crippen LogP contribution >= 0.6 is 11.3 Å². The first-order valence-corrected chi connectivity index (χ1v) is 16.2. The van der Waals surface area contributed by atoms with Crippen LogP contribution in [0.25, 0.3) is 11.8 Å². The van der Waals surface area contributed by atoms with E-state index in [1.54, 1.807) is 6.08 Å². The fourth-order valence-corrected chi connectivity index (χ4v) is 8.57. The van der Waals surface area contributed by atoms with Crippen LogP contribution in [0.4, 0.5) is 30.7 Å².